The highest BCUT2D eigenvalue weighted by atomic mass is 16.4. The molecule has 0 spiro atoms. The zero-order valence-corrected chi connectivity index (χ0v) is 18.4. The highest BCUT2D eigenvalue weighted by Crippen LogP contribution is 2.26. The minimum Gasteiger partial charge on any atom is -0.481 e. The molecule has 0 bridgehead atoms. The summed E-state index contributed by atoms with van der Waals surface area (Å²) in [6.07, 6.45) is 4.77. The predicted molar refractivity (Wildman–Crippen MR) is 127 cm³/mol. The Morgan fingerprint density at radius 1 is 1.09 bits per heavy atom. The molecule has 3 rings (SSSR count). The van der Waals surface area contributed by atoms with Crippen LogP contribution in [0.15, 0.2) is 59.7 Å². The van der Waals surface area contributed by atoms with Crippen LogP contribution in [0, 0.1) is 0 Å². The van der Waals surface area contributed by atoms with Gasteiger partial charge in [-0.1, -0.05) is 42.5 Å². The van der Waals surface area contributed by atoms with Crippen LogP contribution in [-0.4, -0.2) is 59.7 Å². The number of benzene rings is 2. The van der Waals surface area contributed by atoms with Crippen molar-refractivity contribution in [3.8, 4) is 0 Å². The third kappa shape index (κ3) is 6.28. The van der Waals surface area contributed by atoms with Crippen molar-refractivity contribution in [1.82, 2.24) is 10.2 Å². The molecule has 10 heteroatoms. The average Bonchev–Trinajstić information content (AvgIpc) is 3.09. The Kier molecular flexibility index (Phi) is 8.11. The number of carboxylic acid groups (broad SMARTS) is 1. The molecular weight excluding hydrogens is 438 g/mol. The van der Waals surface area contributed by atoms with Crippen LogP contribution in [0.5, 0.6) is 0 Å². The van der Waals surface area contributed by atoms with Crippen molar-refractivity contribution >= 4 is 41.8 Å². The third-order valence-corrected chi connectivity index (χ3v) is 5.10. The van der Waals surface area contributed by atoms with E-state index < -0.39 is 17.9 Å². The quantitative estimate of drug-likeness (QED) is 0.122. The number of amides is 4. The molecule has 0 saturated carbocycles. The van der Waals surface area contributed by atoms with Gasteiger partial charge in [0.25, 0.3) is 5.91 Å². The lowest BCUT2D eigenvalue weighted by Gasteiger charge is -2.19. The van der Waals surface area contributed by atoms with Crippen molar-refractivity contribution in [3.05, 3.63) is 71.3 Å². The fraction of sp³-hybridized carbons (Fsp3) is 0.208. The van der Waals surface area contributed by atoms with Gasteiger partial charge in [0.1, 0.15) is 6.54 Å². The minimum absolute atomic E-state index is 0.0983. The molecule has 2 aromatic carbocycles. The number of anilines is 1. The molecule has 34 heavy (non-hydrogen) atoms. The second-order valence-electron chi connectivity index (χ2n) is 7.56. The molecule has 4 N–H and O–H groups in total. The van der Waals surface area contributed by atoms with E-state index in [0.29, 0.717) is 18.5 Å². The predicted octanol–water partition coefficient (Wildman–Crippen LogP) is 1.59. The lowest BCUT2D eigenvalue weighted by molar-refractivity contribution is -0.136. The summed E-state index contributed by atoms with van der Waals surface area (Å²) in [7, 11) is 0. The van der Waals surface area contributed by atoms with Gasteiger partial charge in [0, 0.05) is 19.2 Å². The maximum Gasteiger partial charge on any atom is 0.331 e. The van der Waals surface area contributed by atoms with Crippen LogP contribution < -0.4 is 16.1 Å². The van der Waals surface area contributed by atoms with Crippen molar-refractivity contribution in [2.45, 2.75) is 12.8 Å². The van der Waals surface area contributed by atoms with Crippen molar-refractivity contribution in [2.75, 3.05) is 24.5 Å². The number of carbonyl (C=O) groups excluding carboxylic acids is 3. The monoisotopic (exact) mass is 463 g/mol. The molecule has 0 unspecified atom stereocenters. The van der Waals surface area contributed by atoms with E-state index >= 15 is 0 Å². The Hall–Kier alpha value is -4.47. The highest BCUT2D eigenvalue weighted by Gasteiger charge is 2.37. The molecule has 1 heterocycles. The number of carbonyl (C=O) groups is 4. The summed E-state index contributed by atoms with van der Waals surface area (Å²) >= 11 is 0. The maximum atomic E-state index is 12.8. The molecule has 0 aliphatic carbocycles. The lowest BCUT2D eigenvalue weighted by atomic mass is 10.1. The number of hydrogen-bond acceptors (Lipinski definition) is 6. The van der Waals surface area contributed by atoms with E-state index in [2.05, 4.69) is 10.4 Å². The maximum absolute atomic E-state index is 12.8. The molecule has 2 aromatic rings. The van der Waals surface area contributed by atoms with Crippen molar-refractivity contribution in [2.24, 2.45) is 10.9 Å². The Labute approximate surface area is 196 Å². The minimum atomic E-state index is -1.05. The van der Waals surface area contributed by atoms with E-state index in [4.69, 9.17) is 10.9 Å². The van der Waals surface area contributed by atoms with Gasteiger partial charge < -0.3 is 21.2 Å². The van der Waals surface area contributed by atoms with E-state index in [1.165, 1.54) is 17.2 Å². The van der Waals surface area contributed by atoms with Gasteiger partial charge in [0.05, 0.1) is 18.3 Å². The number of hydrogen-bond donors (Lipinski definition) is 3. The number of nitrogens with one attached hydrogen (secondary N) is 1. The van der Waals surface area contributed by atoms with Crippen LogP contribution in [0.2, 0.25) is 0 Å². The van der Waals surface area contributed by atoms with Crippen LogP contribution in [-0.2, 0) is 20.8 Å². The second kappa shape index (κ2) is 11.4. The third-order valence-electron chi connectivity index (χ3n) is 5.10. The van der Waals surface area contributed by atoms with Crippen LogP contribution in [0.3, 0.4) is 0 Å². The molecule has 1 fully saturated rings. The molecule has 1 aliphatic heterocycles. The van der Waals surface area contributed by atoms with E-state index in [9.17, 15) is 19.2 Å². The van der Waals surface area contributed by atoms with Crippen molar-refractivity contribution < 1.29 is 24.3 Å². The summed E-state index contributed by atoms with van der Waals surface area (Å²) in [4.78, 5) is 50.8. The van der Waals surface area contributed by atoms with E-state index in [1.807, 2.05) is 24.3 Å². The zero-order chi connectivity index (χ0) is 24.5. The first-order chi connectivity index (χ1) is 16.4. The summed E-state index contributed by atoms with van der Waals surface area (Å²) in [5, 5.41) is 15.3. The molecular formula is C24H25N5O5. The number of nitrogens with zero attached hydrogens (tertiary/aromatic N) is 3. The lowest BCUT2D eigenvalue weighted by Crippen LogP contribution is -2.35. The van der Waals surface area contributed by atoms with Crippen LogP contribution >= 0.6 is 0 Å². The number of urea groups is 1. The smallest absolute Gasteiger partial charge is 0.331 e. The van der Waals surface area contributed by atoms with Gasteiger partial charge in [-0.2, -0.15) is 5.10 Å². The van der Waals surface area contributed by atoms with Gasteiger partial charge >= 0.3 is 12.0 Å². The molecule has 0 aromatic heterocycles. The number of carboxylic acids is 1. The average molecular weight is 463 g/mol. The Balaban J connectivity index is 1.48. The number of rotatable bonds is 10. The normalized spacial score (nSPS) is 13.9. The first-order valence-corrected chi connectivity index (χ1v) is 10.6. The molecule has 4 amide bonds. The van der Waals surface area contributed by atoms with E-state index in [0.717, 1.165) is 16.0 Å². The van der Waals surface area contributed by atoms with Gasteiger partial charge in [0.15, 0.2) is 0 Å². The Morgan fingerprint density at radius 2 is 1.79 bits per heavy atom. The van der Waals surface area contributed by atoms with Gasteiger partial charge in [-0.25, -0.2) is 9.69 Å². The molecule has 176 valence electrons. The first-order valence-electron chi connectivity index (χ1n) is 10.6. The van der Waals surface area contributed by atoms with Crippen LogP contribution in [0.25, 0.3) is 6.08 Å². The van der Waals surface area contributed by atoms with Gasteiger partial charge in [-0.05, 0) is 35.3 Å². The Bertz CT molecular complexity index is 1130. The summed E-state index contributed by atoms with van der Waals surface area (Å²) in [6.45, 7) is 0.498. The fourth-order valence-electron chi connectivity index (χ4n) is 3.49. The first kappa shape index (κ1) is 24.2. The number of para-hydroxylation sites is 1. The second-order valence-corrected chi connectivity index (χ2v) is 7.56. The Morgan fingerprint density at radius 3 is 2.50 bits per heavy atom. The highest BCUT2D eigenvalue weighted by molar-refractivity contribution is 6.20. The van der Waals surface area contributed by atoms with E-state index in [-0.39, 0.29) is 31.1 Å². The van der Waals surface area contributed by atoms with Crippen LogP contribution in [0.4, 0.5) is 10.5 Å². The largest absolute Gasteiger partial charge is 0.481 e. The van der Waals surface area contributed by atoms with E-state index in [1.54, 1.807) is 30.3 Å². The van der Waals surface area contributed by atoms with Gasteiger partial charge in [-0.15, -0.1) is 0 Å². The summed E-state index contributed by atoms with van der Waals surface area (Å²) in [5.41, 5.74) is 2.36. The number of nitrogens with two attached hydrogens (primary N) is 1. The standard InChI is InChI=1S/C24H25N5O5/c25-27-15-18-8-6-17(7-9-18)10-11-21(30)26-12-3-13-28-16-22(31)29(24(28)34)20-5-2-1-4-19(20)14-23(32)33/h1-2,4-11,15H,3,12-14,16,25H2,(H,26,30)(H,32,33). The van der Waals surface area contributed by atoms with Crippen molar-refractivity contribution in [3.63, 3.8) is 0 Å². The summed E-state index contributed by atoms with van der Waals surface area (Å²) in [6, 6.07) is 13.3. The van der Waals surface area contributed by atoms with Crippen molar-refractivity contribution in [1.29, 1.82) is 0 Å². The summed E-state index contributed by atoms with van der Waals surface area (Å²) in [5.74, 6) is 3.36. The van der Waals surface area contributed by atoms with Gasteiger partial charge in [0.2, 0.25) is 5.91 Å². The fourth-order valence-corrected chi connectivity index (χ4v) is 3.49. The topological polar surface area (TPSA) is 145 Å². The summed E-state index contributed by atoms with van der Waals surface area (Å²) < 4.78 is 0. The zero-order valence-electron chi connectivity index (χ0n) is 18.4. The molecule has 1 aliphatic rings. The molecule has 0 radical (unpaired) electrons. The number of hydrazone groups is 1. The molecule has 10 nitrogen and oxygen atoms in total. The van der Waals surface area contributed by atoms with Crippen LogP contribution in [0.1, 0.15) is 23.1 Å². The van der Waals surface area contributed by atoms with Gasteiger partial charge in [-0.3, -0.25) is 14.4 Å². The number of imide groups is 1. The SMILES string of the molecule is NN=Cc1ccc(C=CC(=O)NCCCN2CC(=O)N(c3ccccc3CC(=O)O)C2=O)cc1. The molecule has 1 saturated heterocycles. The number of aliphatic carboxylic acids is 1. The molecule has 0 atom stereocenters.